The van der Waals surface area contributed by atoms with Crippen LogP contribution in [0.25, 0.3) is 11.3 Å². The third-order valence-corrected chi connectivity index (χ3v) is 5.65. The second-order valence-corrected chi connectivity index (χ2v) is 7.81. The summed E-state index contributed by atoms with van der Waals surface area (Å²) in [4.78, 5) is 15.0. The highest BCUT2D eigenvalue weighted by atomic mass is 16.5. The van der Waals surface area contributed by atoms with Crippen LogP contribution in [-0.4, -0.2) is 70.2 Å². The van der Waals surface area contributed by atoms with Crippen molar-refractivity contribution in [1.82, 2.24) is 24.9 Å². The van der Waals surface area contributed by atoms with Crippen LogP contribution in [0, 0.1) is 13.8 Å². The van der Waals surface area contributed by atoms with E-state index in [-0.39, 0.29) is 5.91 Å². The summed E-state index contributed by atoms with van der Waals surface area (Å²) >= 11 is 0. The third kappa shape index (κ3) is 5.00. The van der Waals surface area contributed by atoms with Crippen molar-refractivity contribution in [2.75, 3.05) is 44.8 Å². The van der Waals surface area contributed by atoms with Crippen molar-refractivity contribution in [3.63, 3.8) is 0 Å². The zero-order valence-electron chi connectivity index (χ0n) is 18.9. The van der Waals surface area contributed by atoms with Gasteiger partial charge in [0.2, 0.25) is 0 Å². The molecular formula is C23H30N6O3. The number of benzene rings is 1. The molecule has 1 aliphatic heterocycles. The number of hydrogen-bond acceptors (Lipinski definition) is 6. The summed E-state index contributed by atoms with van der Waals surface area (Å²) in [7, 11) is 0. The minimum absolute atomic E-state index is 0.247. The van der Waals surface area contributed by atoms with Crippen LogP contribution < -0.4 is 10.1 Å². The van der Waals surface area contributed by atoms with Crippen molar-refractivity contribution in [1.29, 1.82) is 0 Å². The number of hydrogen-bond donors (Lipinski definition) is 2. The van der Waals surface area contributed by atoms with Crippen molar-refractivity contribution in [2.24, 2.45) is 0 Å². The molecule has 3 heterocycles. The molecule has 0 radical (unpaired) electrons. The molecular weight excluding hydrogens is 408 g/mol. The Balaban J connectivity index is 1.33. The summed E-state index contributed by atoms with van der Waals surface area (Å²) in [6.07, 6.45) is 0. The van der Waals surface area contributed by atoms with Gasteiger partial charge in [-0.3, -0.25) is 19.5 Å². The monoisotopic (exact) mass is 438 g/mol. The Bertz CT molecular complexity index is 1050. The Morgan fingerprint density at radius 3 is 2.66 bits per heavy atom. The maximum atomic E-state index is 12.7. The fourth-order valence-corrected chi connectivity index (χ4v) is 3.89. The van der Waals surface area contributed by atoms with Crippen molar-refractivity contribution < 1.29 is 14.3 Å². The predicted molar refractivity (Wildman–Crippen MR) is 122 cm³/mol. The topological polar surface area (TPSA) is 97.3 Å². The van der Waals surface area contributed by atoms with Crippen molar-refractivity contribution in [3.05, 3.63) is 47.4 Å². The Labute approximate surface area is 187 Å². The first-order valence-electron chi connectivity index (χ1n) is 11.0. The molecule has 2 aromatic heterocycles. The lowest BCUT2D eigenvalue weighted by molar-refractivity contribution is 0.0322. The lowest BCUT2D eigenvalue weighted by atomic mass is 10.1. The maximum absolute atomic E-state index is 12.7. The Morgan fingerprint density at radius 1 is 1.22 bits per heavy atom. The van der Waals surface area contributed by atoms with E-state index in [4.69, 9.17) is 9.47 Å². The molecule has 0 saturated carbocycles. The Morgan fingerprint density at radius 2 is 1.97 bits per heavy atom. The SMILES string of the molecule is CCn1nc(C)c(-c2cc(C(=O)Nc3ccc(OCCN4CCOCC4)cc3)[nH]n2)c1C. The second kappa shape index (κ2) is 9.97. The normalized spacial score (nSPS) is 14.5. The summed E-state index contributed by atoms with van der Waals surface area (Å²) in [5.74, 6) is 0.530. The molecule has 1 aromatic carbocycles. The highest BCUT2D eigenvalue weighted by Crippen LogP contribution is 2.26. The first-order chi connectivity index (χ1) is 15.5. The summed E-state index contributed by atoms with van der Waals surface area (Å²) in [5, 5.41) is 14.6. The van der Waals surface area contributed by atoms with E-state index in [2.05, 4.69) is 25.5 Å². The molecule has 9 nitrogen and oxygen atoms in total. The molecule has 1 fully saturated rings. The zero-order valence-corrected chi connectivity index (χ0v) is 18.9. The van der Waals surface area contributed by atoms with Crippen molar-refractivity contribution in [3.8, 4) is 17.0 Å². The number of morpholine rings is 1. The first kappa shape index (κ1) is 22.0. The zero-order chi connectivity index (χ0) is 22.5. The fourth-order valence-electron chi connectivity index (χ4n) is 3.89. The summed E-state index contributed by atoms with van der Waals surface area (Å²) in [5.41, 5.74) is 4.70. The van der Waals surface area contributed by atoms with E-state index in [1.165, 1.54) is 0 Å². The van der Waals surface area contributed by atoms with Crippen LogP contribution in [0.3, 0.4) is 0 Å². The molecule has 0 aliphatic carbocycles. The number of aryl methyl sites for hydroxylation is 2. The molecule has 32 heavy (non-hydrogen) atoms. The quantitative estimate of drug-likeness (QED) is 0.561. The lowest BCUT2D eigenvalue weighted by Crippen LogP contribution is -2.38. The van der Waals surface area contributed by atoms with Crippen molar-refractivity contribution >= 4 is 11.6 Å². The maximum Gasteiger partial charge on any atom is 0.273 e. The van der Waals surface area contributed by atoms with Gasteiger partial charge in [0.25, 0.3) is 5.91 Å². The largest absolute Gasteiger partial charge is 0.492 e. The van der Waals surface area contributed by atoms with Gasteiger partial charge in [-0.25, -0.2) is 0 Å². The highest BCUT2D eigenvalue weighted by Gasteiger charge is 2.18. The smallest absolute Gasteiger partial charge is 0.273 e. The van der Waals surface area contributed by atoms with E-state index < -0.39 is 0 Å². The van der Waals surface area contributed by atoms with Crippen LogP contribution in [0.2, 0.25) is 0 Å². The summed E-state index contributed by atoms with van der Waals surface area (Å²) in [6.45, 7) is 11.8. The second-order valence-electron chi connectivity index (χ2n) is 7.81. The number of nitrogens with zero attached hydrogens (tertiary/aromatic N) is 4. The Hall–Kier alpha value is -3.17. The number of carbonyl (C=O) groups excluding carboxylic acids is 1. The average Bonchev–Trinajstić information content (AvgIpc) is 3.39. The van der Waals surface area contributed by atoms with Gasteiger partial charge >= 0.3 is 0 Å². The van der Waals surface area contributed by atoms with Crippen LogP contribution >= 0.6 is 0 Å². The number of aromatic amines is 1. The van der Waals surface area contributed by atoms with Gasteiger partial charge in [0.15, 0.2) is 0 Å². The molecule has 1 aliphatic rings. The molecule has 170 valence electrons. The molecule has 0 atom stereocenters. The molecule has 4 rings (SSSR count). The van der Waals surface area contributed by atoms with Crippen LogP contribution in [0.15, 0.2) is 30.3 Å². The number of anilines is 1. The highest BCUT2D eigenvalue weighted by molar-refractivity contribution is 6.03. The molecule has 0 spiro atoms. The molecule has 2 N–H and O–H groups in total. The molecule has 1 saturated heterocycles. The van der Waals surface area contributed by atoms with E-state index in [1.807, 2.05) is 49.7 Å². The van der Waals surface area contributed by atoms with Gasteiger partial charge in [0, 0.05) is 43.1 Å². The predicted octanol–water partition coefficient (Wildman–Crippen LogP) is 2.87. The van der Waals surface area contributed by atoms with Gasteiger partial charge in [-0.05, 0) is 51.1 Å². The van der Waals surface area contributed by atoms with Crippen molar-refractivity contribution in [2.45, 2.75) is 27.3 Å². The number of rotatable bonds is 8. The van der Waals surface area contributed by atoms with E-state index in [0.29, 0.717) is 23.7 Å². The minimum Gasteiger partial charge on any atom is -0.492 e. The van der Waals surface area contributed by atoms with Crippen LogP contribution in [-0.2, 0) is 11.3 Å². The molecule has 9 heteroatoms. The van der Waals surface area contributed by atoms with Gasteiger partial charge in [-0.2, -0.15) is 10.2 Å². The number of carbonyl (C=O) groups is 1. The van der Waals surface area contributed by atoms with Gasteiger partial charge in [-0.1, -0.05) is 0 Å². The fraction of sp³-hybridized carbons (Fsp3) is 0.435. The minimum atomic E-state index is -0.247. The van der Waals surface area contributed by atoms with Gasteiger partial charge < -0.3 is 14.8 Å². The first-order valence-corrected chi connectivity index (χ1v) is 11.0. The number of ether oxygens (including phenoxy) is 2. The number of amides is 1. The molecule has 0 unspecified atom stereocenters. The number of aromatic nitrogens is 4. The van der Waals surface area contributed by atoms with E-state index in [0.717, 1.165) is 62.1 Å². The Kier molecular flexibility index (Phi) is 6.87. The van der Waals surface area contributed by atoms with Crippen LogP contribution in [0.5, 0.6) is 5.75 Å². The average molecular weight is 439 g/mol. The van der Waals surface area contributed by atoms with Crippen LogP contribution in [0.1, 0.15) is 28.8 Å². The molecule has 0 bridgehead atoms. The van der Waals surface area contributed by atoms with E-state index in [1.54, 1.807) is 6.07 Å². The summed E-state index contributed by atoms with van der Waals surface area (Å²) in [6, 6.07) is 9.14. The number of nitrogens with one attached hydrogen (secondary N) is 2. The van der Waals surface area contributed by atoms with Gasteiger partial charge in [0.1, 0.15) is 18.1 Å². The summed E-state index contributed by atoms with van der Waals surface area (Å²) < 4.78 is 13.1. The molecule has 3 aromatic rings. The van der Waals surface area contributed by atoms with E-state index >= 15 is 0 Å². The van der Waals surface area contributed by atoms with Gasteiger partial charge in [0.05, 0.1) is 24.6 Å². The van der Waals surface area contributed by atoms with Gasteiger partial charge in [-0.15, -0.1) is 0 Å². The lowest BCUT2D eigenvalue weighted by Gasteiger charge is -2.26. The standard InChI is InChI=1S/C23H30N6O3/c1-4-29-17(3)22(16(2)27-29)20-15-21(26-25-20)23(30)24-18-5-7-19(8-6-18)32-14-11-28-9-12-31-13-10-28/h5-8,15H,4,9-14H2,1-3H3,(H,24,30)(H,25,26). The van der Waals surface area contributed by atoms with Crippen LogP contribution in [0.4, 0.5) is 5.69 Å². The number of H-pyrrole nitrogens is 1. The molecule has 1 amide bonds. The van der Waals surface area contributed by atoms with E-state index in [9.17, 15) is 4.79 Å². The third-order valence-electron chi connectivity index (χ3n) is 5.65.